The number of rotatable bonds is 6. The van der Waals surface area contributed by atoms with E-state index in [9.17, 15) is 14.4 Å². The summed E-state index contributed by atoms with van der Waals surface area (Å²) in [4.78, 5) is 40.9. The zero-order valence-electron chi connectivity index (χ0n) is 17.4. The fraction of sp³-hybridized carbons (Fsp3) is 0.476. The van der Waals surface area contributed by atoms with Crippen molar-refractivity contribution in [1.29, 1.82) is 0 Å². The maximum atomic E-state index is 12.8. The number of carbonyl (C=O) groups excluding carboxylic acids is 3. The Bertz CT molecular complexity index is 861. The molecule has 1 aromatic rings. The van der Waals surface area contributed by atoms with Crippen LogP contribution in [0.4, 0.5) is 4.79 Å². The third-order valence-corrected chi connectivity index (χ3v) is 6.06. The number of imide groups is 1. The van der Waals surface area contributed by atoms with Gasteiger partial charge in [0.15, 0.2) is 11.5 Å². The van der Waals surface area contributed by atoms with Crippen molar-refractivity contribution in [3.63, 3.8) is 0 Å². The Hall–Kier alpha value is -2.68. The van der Waals surface area contributed by atoms with Gasteiger partial charge in [0.1, 0.15) is 12.3 Å². The minimum atomic E-state index is -0.481. The first kappa shape index (κ1) is 22.0. The molecule has 3 amide bonds. The van der Waals surface area contributed by atoms with Crippen molar-refractivity contribution in [3.05, 3.63) is 22.6 Å². The molecule has 8 nitrogen and oxygen atoms in total. The molecular formula is C21H26N2O6S. The first-order chi connectivity index (χ1) is 14.5. The van der Waals surface area contributed by atoms with Gasteiger partial charge in [-0.2, -0.15) is 0 Å². The van der Waals surface area contributed by atoms with Gasteiger partial charge in [-0.15, -0.1) is 0 Å². The van der Waals surface area contributed by atoms with Crippen LogP contribution in [0.2, 0.25) is 0 Å². The Kier molecular flexibility index (Phi) is 7.25. The molecule has 2 aliphatic heterocycles. The number of hydrogen-bond donors (Lipinski definition) is 0. The molecule has 1 aromatic carbocycles. The molecule has 9 heteroatoms. The second-order valence-electron chi connectivity index (χ2n) is 7.01. The van der Waals surface area contributed by atoms with Crippen LogP contribution in [-0.2, 0) is 9.59 Å². The Morgan fingerprint density at radius 3 is 2.17 bits per heavy atom. The highest BCUT2D eigenvalue weighted by Gasteiger charge is 2.37. The Morgan fingerprint density at radius 2 is 1.57 bits per heavy atom. The van der Waals surface area contributed by atoms with Crippen LogP contribution in [0.5, 0.6) is 17.2 Å². The van der Waals surface area contributed by atoms with Crippen molar-refractivity contribution >= 4 is 34.9 Å². The minimum Gasteiger partial charge on any atom is -0.496 e. The summed E-state index contributed by atoms with van der Waals surface area (Å²) < 4.78 is 16.0. The van der Waals surface area contributed by atoms with Crippen molar-refractivity contribution in [3.8, 4) is 17.2 Å². The smallest absolute Gasteiger partial charge is 0.294 e. The van der Waals surface area contributed by atoms with Crippen LogP contribution in [0, 0.1) is 0 Å². The zero-order valence-corrected chi connectivity index (χ0v) is 18.3. The van der Waals surface area contributed by atoms with Crippen LogP contribution in [0.3, 0.4) is 0 Å². The monoisotopic (exact) mass is 434 g/mol. The molecule has 0 aromatic heterocycles. The molecule has 0 bridgehead atoms. The van der Waals surface area contributed by atoms with E-state index in [0.29, 0.717) is 35.9 Å². The number of hydrogen-bond acceptors (Lipinski definition) is 7. The largest absolute Gasteiger partial charge is 0.496 e. The summed E-state index contributed by atoms with van der Waals surface area (Å²) in [6.45, 7) is 1.12. The second-order valence-corrected chi connectivity index (χ2v) is 8.01. The highest BCUT2D eigenvalue weighted by Crippen LogP contribution is 2.38. The van der Waals surface area contributed by atoms with E-state index in [1.165, 1.54) is 21.3 Å². The SMILES string of the molecule is COc1cc(OC)c(OC)cc1C=C1SC(=O)N(CC(=O)N2CCCCCC2)C1=O. The summed E-state index contributed by atoms with van der Waals surface area (Å²) in [7, 11) is 4.53. The van der Waals surface area contributed by atoms with Gasteiger partial charge in [-0.3, -0.25) is 19.3 Å². The highest BCUT2D eigenvalue weighted by molar-refractivity contribution is 8.18. The highest BCUT2D eigenvalue weighted by atomic mass is 32.2. The summed E-state index contributed by atoms with van der Waals surface area (Å²) in [5.41, 5.74) is 0.569. The lowest BCUT2D eigenvalue weighted by atomic mass is 10.1. The molecule has 0 unspecified atom stereocenters. The van der Waals surface area contributed by atoms with Crippen LogP contribution in [0.25, 0.3) is 6.08 Å². The molecule has 2 fully saturated rings. The lowest BCUT2D eigenvalue weighted by Gasteiger charge is -2.22. The van der Waals surface area contributed by atoms with Gasteiger partial charge in [-0.1, -0.05) is 12.8 Å². The van der Waals surface area contributed by atoms with Crippen LogP contribution in [0.15, 0.2) is 17.0 Å². The second kappa shape index (κ2) is 9.88. The molecular weight excluding hydrogens is 408 g/mol. The average Bonchev–Trinajstić information content (AvgIpc) is 2.95. The van der Waals surface area contributed by atoms with E-state index in [1.807, 2.05) is 0 Å². The van der Waals surface area contributed by atoms with Crippen LogP contribution < -0.4 is 14.2 Å². The lowest BCUT2D eigenvalue weighted by Crippen LogP contribution is -2.42. The molecule has 162 valence electrons. The third-order valence-electron chi connectivity index (χ3n) is 5.15. The molecule has 0 saturated carbocycles. The van der Waals surface area contributed by atoms with E-state index in [1.54, 1.807) is 23.1 Å². The number of carbonyl (C=O) groups is 3. The Balaban J connectivity index is 1.80. The van der Waals surface area contributed by atoms with E-state index >= 15 is 0 Å². The quantitative estimate of drug-likeness (QED) is 0.636. The molecule has 0 spiro atoms. The number of nitrogens with zero attached hydrogens (tertiary/aromatic N) is 2. The topological polar surface area (TPSA) is 85.4 Å². The van der Waals surface area contributed by atoms with Gasteiger partial charge >= 0.3 is 0 Å². The number of ether oxygens (including phenoxy) is 3. The normalized spacial score (nSPS) is 18.6. The van der Waals surface area contributed by atoms with Gasteiger partial charge in [0.05, 0.1) is 26.2 Å². The van der Waals surface area contributed by atoms with E-state index in [-0.39, 0.29) is 17.4 Å². The molecule has 2 saturated heterocycles. The molecule has 30 heavy (non-hydrogen) atoms. The van der Waals surface area contributed by atoms with Gasteiger partial charge in [0.25, 0.3) is 11.1 Å². The Labute approximate surface area is 180 Å². The predicted octanol–water partition coefficient (Wildman–Crippen LogP) is 3.15. The summed E-state index contributed by atoms with van der Waals surface area (Å²) >= 11 is 0.812. The van der Waals surface area contributed by atoms with Gasteiger partial charge in [-0.05, 0) is 36.7 Å². The predicted molar refractivity (Wildman–Crippen MR) is 114 cm³/mol. The lowest BCUT2D eigenvalue weighted by molar-refractivity contribution is -0.135. The van der Waals surface area contributed by atoms with Crippen molar-refractivity contribution < 1.29 is 28.6 Å². The molecule has 2 heterocycles. The van der Waals surface area contributed by atoms with Crippen LogP contribution in [0.1, 0.15) is 31.2 Å². The third kappa shape index (κ3) is 4.72. The number of amides is 3. The average molecular weight is 435 g/mol. The van der Waals surface area contributed by atoms with Gasteiger partial charge in [0, 0.05) is 24.7 Å². The molecule has 0 atom stereocenters. The number of benzene rings is 1. The summed E-state index contributed by atoms with van der Waals surface area (Å²) in [6.07, 6.45) is 5.67. The van der Waals surface area contributed by atoms with Gasteiger partial charge in [-0.25, -0.2) is 0 Å². The van der Waals surface area contributed by atoms with E-state index < -0.39 is 11.1 Å². The molecule has 0 N–H and O–H groups in total. The Morgan fingerprint density at radius 1 is 0.967 bits per heavy atom. The summed E-state index contributed by atoms with van der Waals surface area (Å²) in [5, 5.41) is -0.450. The molecule has 0 aliphatic carbocycles. The number of methoxy groups -OCH3 is 3. The van der Waals surface area contributed by atoms with Gasteiger partial charge < -0.3 is 19.1 Å². The minimum absolute atomic E-state index is 0.191. The molecule has 0 radical (unpaired) electrons. The van der Waals surface area contributed by atoms with Crippen LogP contribution in [-0.4, -0.2) is 67.8 Å². The first-order valence-corrected chi connectivity index (χ1v) is 10.6. The first-order valence-electron chi connectivity index (χ1n) is 9.81. The fourth-order valence-corrected chi connectivity index (χ4v) is 4.33. The van der Waals surface area contributed by atoms with Crippen molar-refractivity contribution in [1.82, 2.24) is 9.80 Å². The summed E-state index contributed by atoms with van der Waals surface area (Å²) in [5.74, 6) is 0.761. The number of thioether (sulfide) groups is 1. The van der Waals surface area contributed by atoms with Crippen molar-refractivity contribution in [2.24, 2.45) is 0 Å². The fourth-order valence-electron chi connectivity index (χ4n) is 3.50. The van der Waals surface area contributed by atoms with Crippen LogP contribution >= 0.6 is 11.8 Å². The maximum Gasteiger partial charge on any atom is 0.294 e. The van der Waals surface area contributed by atoms with E-state index in [0.717, 1.165) is 42.3 Å². The maximum absolute atomic E-state index is 12.8. The standard InChI is InChI=1S/C21H26N2O6S/c1-27-15-12-17(29-3)16(28-2)10-14(15)11-18-20(25)23(21(26)30-18)13-19(24)22-8-6-4-5-7-9-22/h10-12H,4-9,13H2,1-3H3. The number of likely N-dealkylation sites (tertiary alicyclic amines) is 1. The molecule has 2 aliphatic rings. The van der Waals surface area contributed by atoms with Crippen molar-refractivity contribution in [2.75, 3.05) is 41.0 Å². The summed E-state index contributed by atoms with van der Waals surface area (Å²) in [6, 6.07) is 3.33. The van der Waals surface area contributed by atoms with Crippen molar-refractivity contribution in [2.45, 2.75) is 25.7 Å². The zero-order chi connectivity index (χ0) is 21.7. The van der Waals surface area contributed by atoms with Gasteiger partial charge in [0.2, 0.25) is 5.91 Å². The van der Waals surface area contributed by atoms with E-state index in [4.69, 9.17) is 14.2 Å². The molecule has 3 rings (SSSR count). The van der Waals surface area contributed by atoms with E-state index in [2.05, 4.69) is 0 Å².